The van der Waals surface area contributed by atoms with Gasteiger partial charge in [-0.1, -0.05) is 18.2 Å². The highest BCUT2D eigenvalue weighted by molar-refractivity contribution is 5.80. The van der Waals surface area contributed by atoms with Crippen LogP contribution in [0.1, 0.15) is 18.4 Å². The molecule has 0 radical (unpaired) electrons. The van der Waals surface area contributed by atoms with Crippen molar-refractivity contribution in [3.63, 3.8) is 0 Å². The van der Waals surface area contributed by atoms with Gasteiger partial charge in [-0.3, -0.25) is 9.59 Å². The summed E-state index contributed by atoms with van der Waals surface area (Å²) < 4.78 is 10.2. The molecule has 0 bridgehead atoms. The van der Waals surface area contributed by atoms with Gasteiger partial charge in [-0.2, -0.15) is 0 Å². The average molecular weight is 334 g/mol. The van der Waals surface area contributed by atoms with Crippen LogP contribution in [0, 0.1) is 11.8 Å². The Morgan fingerprint density at radius 1 is 1.25 bits per heavy atom. The number of benzene rings is 1. The fourth-order valence-electron chi connectivity index (χ4n) is 2.99. The number of hydrogen-bond acceptors (Lipinski definition) is 5. The molecule has 6 nitrogen and oxygen atoms in total. The zero-order valence-electron chi connectivity index (χ0n) is 14.3. The number of para-hydroxylation sites is 1. The van der Waals surface area contributed by atoms with E-state index in [0.717, 1.165) is 37.2 Å². The van der Waals surface area contributed by atoms with Gasteiger partial charge in [0.05, 0.1) is 20.1 Å². The number of carbonyl (C=O) groups excluding carboxylic acids is 2. The summed E-state index contributed by atoms with van der Waals surface area (Å²) in [6, 6.07) is 7.56. The second-order valence-electron chi connectivity index (χ2n) is 6.01. The van der Waals surface area contributed by atoms with Gasteiger partial charge < -0.3 is 20.1 Å². The van der Waals surface area contributed by atoms with Crippen LogP contribution in [0.25, 0.3) is 0 Å². The molecule has 0 spiro atoms. The Bertz CT molecular complexity index is 556. The maximum atomic E-state index is 12.3. The summed E-state index contributed by atoms with van der Waals surface area (Å²) in [6.07, 6.45) is 2.13. The first-order valence-electron chi connectivity index (χ1n) is 8.33. The van der Waals surface area contributed by atoms with E-state index in [1.807, 2.05) is 24.3 Å². The molecule has 24 heavy (non-hydrogen) atoms. The highest BCUT2D eigenvalue weighted by Crippen LogP contribution is 2.21. The van der Waals surface area contributed by atoms with E-state index in [4.69, 9.17) is 9.47 Å². The smallest absolute Gasteiger partial charge is 0.310 e. The van der Waals surface area contributed by atoms with Crippen molar-refractivity contribution >= 4 is 11.9 Å². The normalized spacial score (nSPS) is 16.2. The van der Waals surface area contributed by atoms with Gasteiger partial charge in [0, 0.05) is 12.5 Å². The number of carbonyl (C=O) groups is 2. The van der Waals surface area contributed by atoms with Crippen LogP contribution in [0.2, 0.25) is 0 Å². The highest BCUT2D eigenvalue weighted by Gasteiger charge is 2.25. The molecule has 0 aliphatic carbocycles. The van der Waals surface area contributed by atoms with E-state index in [9.17, 15) is 9.59 Å². The molecule has 1 saturated heterocycles. The molecule has 1 aromatic carbocycles. The van der Waals surface area contributed by atoms with E-state index < -0.39 is 5.92 Å². The van der Waals surface area contributed by atoms with Crippen LogP contribution in [-0.2, 0) is 20.7 Å². The predicted octanol–water partition coefficient (Wildman–Crippen LogP) is 1.14. The Hall–Kier alpha value is -2.08. The standard InChI is InChI=1S/C18H26N2O4/c1-23-16-6-4-3-5-14(16)11-15(18(22)24-2)12-20-17(21)13-7-9-19-10-8-13/h3-6,13,15,19H,7-12H2,1-2H3,(H,20,21). The lowest BCUT2D eigenvalue weighted by Crippen LogP contribution is -2.41. The van der Waals surface area contributed by atoms with Crippen molar-refractivity contribution in [2.75, 3.05) is 33.9 Å². The number of amides is 1. The summed E-state index contributed by atoms with van der Waals surface area (Å²) in [4.78, 5) is 24.4. The molecule has 2 rings (SSSR count). The van der Waals surface area contributed by atoms with E-state index in [0.29, 0.717) is 6.42 Å². The number of rotatable bonds is 7. The minimum absolute atomic E-state index is 0.0189. The predicted molar refractivity (Wildman–Crippen MR) is 90.8 cm³/mol. The van der Waals surface area contributed by atoms with Crippen LogP contribution in [0.15, 0.2) is 24.3 Å². The molecule has 0 saturated carbocycles. The lowest BCUT2D eigenvalue weighted by Gasteiger charge is -2.23. The van der Waals surface area contributed by atoms with Crippen molar-refractivity contribution in [1.82, 2.24) is 10.6 Å². The number of piperidine rings is 1. The van der Waals surface area contributed by atoms with Crippen LogP contribution in [0.3, 0.4) is 0 Å². The topological polar surface area (TPSA) is 76.7 Å². The third-order valence-corrected chi connectivity index (χ3v) is 4.43. The number of esters is 1. The van der Waals surface area contributed by atoms with Crippen molar-refractivity contribution in [3.05, 3.63) is 29.8 Å². The first kappa shape index (κ1) is 18.3. The molecule has 1 aliphatic rings. The zero-order valence-corrected chi connectivity index (χ0v) is 14.3. The van der Waals surface area contributed by atoms with Gasteiger partial charge in [0.2, 0.25) is 5.91 Å². The van der Waals surface area contributed by atoms with Gasteiger partial charge >= 0.3 is 5.97 Å². The molecule has 1 unspecified atom stereocenters. The summed E-state index contributed by atoms with van der Waals surface area (Å²) in [6.45, 7) is 1.99. The molecule has 1 atom stereocenters. The van der Waals surface area contributed by atoms with Gasteiger partial charge in [0.15, 0.2) is 0 Å². The number of methoxy groups -OCH3 is 2. The van der Waals surface area contributed by atoms with Crippen molar-refractivity contribution in [2.45, 2.75) is 19.3 Å². The van der Waals surface area contributed by atoms with Crippen LogP contribution in [0.4, 0.5) is 0 Å². The summed E-state index contributed by atoms with van der Waals surface area (Å²) in [5.41, 5.74) is 0.923. The Labute approximate surface area is 142 Å². The summed E-state index contributed by atoms with van der Waals surface area (Å²) in [7, 11) is 2.97. The number of hydrogen-bond donors (Lipinski definition) is 2. The van der Waals surface area contributed by atoms with E-state index in [1.54, 1.807) is 7.11 Å². The van der Waals surface area contributed by atoms with Crippen molar-refractivity contribution in [3.8, 4) is 5.75 Å². The lowest BCUT2D eigenvalue weighted by molar-refractivity contribution is -0.145. The Morgan fingerprint density at radius 3 is 2.62 bits per heavy atom. The summed E-state index contributed by atoms with van der Waals surface area (Å²) >= 11 is 0. The largest absolute Gasteiger partial charge is 0.496 e. The van der Waals surface area contributed by atoms with Gasteiger partial charge in [-0.15, -0.1) is 0 Å². The van der Waals surface area contributed by atoms with Crippen LogP contribution in [-0.4, -0.2) is 45.7 Å². The second kappa shape index (κ2) is 9.27. The molecule has 1 fully saturated rings. The first-order chi connectivity index (χ1) is 11.7. The molecule has 1 aliphatic heterocycles. The van der Waals surface area contributed by atoms with Crippen molar-refractivity contribution in [1.29, 1.82) is 0 Å². The van der Waals surface area contributed by atoms with E-state index in [-0.39, 0.29) is 24.3 Å². The maximum Gasteiger partial charge on any atom is 0.310 e. The lowest BCUT2D eigenvalue weighted by atomic mass is 9.95. The molecule has 2 N–H and O–H groups in total. The Morgan fingerprint density at radius 2 is 1.96 bits per heavy atom. The fraction of sp³-hybridized carbons (Fsp3) is 0.556. The number of nitrogens with one attached hydrogen (secondary N) is 2. The van der Waals surface area contributed by atoms with Crippen LogP contribution in [0.5, 0.6) is 5.75 Å². The zero-order chi connectivity index (χ0) is 17.4. The van der Waals surface area contributed by atoms with Gasteiger partial charge in [0.1, 0.15) is 5.75 Å². The summed E-state index contributed by atoms with van der Waals surface area (Å²) in [5, 5.41) is 6.16. The maximum absolute atomic E-state index is 12.3. The molecule has 132 valence electrons. The molecule has 6 heteroatoms. The molecular formula is C18H26N2O4. The van der Waals surface area contributed by atoms with Crippen molar-refractivity contribution in [2.24, 2.45) is 11.8 Å². The highest BCUT2D eigenvalue weighted by atomic mass is 16.5. The molecule has 0 aromatic heterocycles. The molecular weight excluding hydrogens is 308 g/mol. The average Bonchev–Trinajstić information content (AvgIpc) is 2.65. The van der Waals surface area contributed by atoms with Crippen molar-refractivity contribution < 1.29 is 19.1 Å². The Balaban J connectivity index is 1.97. The summed E-state index contributed by atoms with van der Waals surface area (Å²) in [5.74, 6) is 0.0146. The Kier molecular flexibility index (Phi) is 7.06. The third-order valence-electron chi connectivity index (χ3n) is 4.43. The second-order valence-corrected chi connectivity index (χ2v) is 6.01. The minimum Gasteiger partial charge on any atom is -0.496 e. The third kappa shape index (κ3) is 4.96. The van der Waals surface area contributed by atoms with E-state index in [1.165, 1.54) is 7.11 Å². The van der Waals surface area contributed by atoms with Gasteiger partial charge in [0.25, 0.3) is 0 Å². The fourth-order valence-corrected chi connectivity index (χ4v) is 2.99. The molecule has 1 aromatic rings. The number of ether oxygens (including phenoxy) is 2. The van der Waals surface area contributed by atoms with Crippen LogP contribution < -0.4 is 15.4 Å². The van der Waals surface area contributed by atoms with E-state index >= 15 is 0 Å². The van der Waals surface area contributed by atoms with Crippen LogP contribution >= 0.6 is 0 Å². The SMILES string of the molecule is COC(=O)C(CNC(=O)C1CCNCC1)Cc1ccccc1OC. The minimum atomic E-state index is -0.433. The molecule has 1 heterocycles. The quantitative estimate of drug-likeness (QED) is 0.732. The first-order valence-corrected chi connectivity index (χ1v) is 8.33. The molecule has 1 amide bonds. The van der Waals surface area contributed by atoms with Gasteiger partial charge in [-0.25, -0.2) is 0 Å². The van der Waals surface area contributed by atoms with E-state index in [2.05, 4.69) is 10.6 Å². The monoisotopic (exact) mass is 334 g/mol. The van der Waals surface area contributed by atoms with Gasteiger partial charge in [-0.05, 0) is 44.0 Å².